The number of carbonyl (C=O) groups excluding carboxylic acids is 1. The first kappa shape index (κ1) is 15.2. The summed E-state index contributed by atoms with van der Waals surface area (Å²) in [4.78, 5) is 25.1. The van der Waals surface area contributed by atoms with Crippen molar-refractivity contribution in [3.8, 4) is 5.75 Å². The van der Waals surface area contributed by atoms with Crippen molar-refractivity contribution in [3.63, 3.8) is 0 Å². The van der Waals surface area contributed by atoms with Crippen LogP contribution in [0.2, 0.25) is 0 Å². The average molecular weight is 299 g/mol. The van der Waals surface area contributed by atoms with Gasteiger partial charge in [-0.25, -0.2) is 4.79 Å². The van der Waals surface area contributed by atoms with Crippen LogP contribution in [-0.2, 0) is 4.79 Å². The number of alkyl halides is 2. The minimum Gasteiger partial charge on any atom is -0.480 e. The van der Waals surface area contributed by atoms with Gasteiger partial charge in [0.1, 0.15) is 11.3 Å². The second-order valence-electron chi connectivity index (χ2n) is 5.01. The molecule has 1 aromatic carbocycles. The van der Waals surface area contributed by atoms with Gasteiger partial charge in [-0.3, -0.25) is 4.79 Å². The Bertz CT molecular complexity index is 564. The van der Waals surface area contributed by atoms with Gasteiger partial charge in [0, 0.05) is 6.54 Å². The van der Waals surface area contributed by atoms with Crippen LogP contribution in [0.3, 0.4) is 0 Å². The maximum Gasteiger partial charge on any atom is 0.387 e. The largest absolute Gasteiger partial charge is 0.480 e. The first-order valence-electron chi connectivity index (χ1n) is 6.45. The number of aliphatic carboxylic acids is 1. The van der Waals surface area contributed by atoms with Crippen LogP contribution in [0, 0.1) is 0 Å². The lowest BCUT2D eigenvalue weighted by molar-refractivity contribution is -0.147. The Morgan fingerprint density at radius 3 is 2.67 bits per heavy atom. The van der Waals surface area contributed by atoms with Crippen molar-refractivity contribution in [1.82, 2.24) is 4.90 Å². The second kappa shape index (κ2) is 5.67. The van der Waals surface area contributed by atoms with Crippen molar-refractivity contribution in [1.29, 1.82) is 0 Å². The molecule has 7 heteroatoms. The highest BCUT2D eigenvalue weighted by atomic mass is 19.3. The van der Waals surface area contributed by atoms with Crippen molar-refractivity contribution in [3.05, 3.63) is 29.8 Å². The van der Waals surface area contributed by atoms with E-state index in [0.29, 0.717) is 12.8 Å². The lowest BCUT2D eigenvalue weighted by Crippen LogP contribution is -2.50. The van der Waals surface area contributed by atoms with E-state index in [4.69, 9.17) is 0 Å². The van der Waals surface area contributed by atoms with Crippen LogP contribution in [0.4, 0.5) is 8.78 Å². The molecule has 1 N–H and O–H groups in total. The Balaban J connectivity index is 2.34. The van der Waals surface area contributed by atoms with E-state index >= 15 is 0 Å². The fourth-order valence-electron chi connectivity index (χ4n) is 2.50. The summed E-state index contributed by atoms with van der Waals surface area (Å²) in [5.41, 5.74) is -1.39. The van der Waals surface area contributed by atoms with Gasteiger partial charge in [0.15, 0.2) is 0 Å². The molecule has 0 bridgehead atoms. The topological polar surface area (TPSA) is 66.8 Å². The van der Waals surface area contributed by atoms with Crippen molar-refractivity contribution in [2.24, 2.45) is 0 Å². The maximum atomic E-state index is 12.5. The number of hydrogen-bond acceptors (Lipinski definition) is 3. The number of nitrogens with zero attached hydrogens (tertiary/aromatic N) is 1. The van der Waals surface area contributed by atoms with E-state index in [2.05, 4.69) is 4.74 Å². The van der Waals surface area contributed by atoms with Gasteiger partial charge in [0.25, 0.3) is 5.91 Å². The Kier molecular flexibility index (Phi) is 4.11. The summed E-state index contributed by atoms with van der Waals surface area (Å²) < 4.78 is 29.1. The van der Waals surface area contributed by atoms with Gasteiger partial charge < -0.3 is 14.7 Å². The van der Waals surface area contributed by atoms with Crippen LogP contribution in [0.25, 0.3) is 0 Å². The summed E-state index contributed by atoms with van der Waals surface area (Å²) in [5, 5.41) is 9.31. The molecular formula is C14H15F2NO4. The maximum absolute atomic E-state index is 12.5. The zero-order valence-corrected chi connectivity index (χ0v) is 11.4. The molecule has 1 aliphatic heterocycles. The zero-order valence-electron chi connectivity index (χ0n) is 11.4. The Hall–Kier alpha value is -2.18. The molecule has 1 saturated heterocycles. The average Bonchev–Trinajstić information content (AvgIpc) is 2.81. The van der Waals surface area contributed by atoms with Gasteiger partial charge in [0.05, 0.1) is 5.56 Å². The molecule has 21 heavy (non-hydrogen) atoms. The molecule has 0 aromatic heterocycles. The van der Waals surface area contributed by atoms with Crippen LogP contribution >= 0.6 is 0 Å². The minimum absolute atomic E-state index is 0.0628. The molecule has 1 aliphatic rings. The number of carboxylic acids is 1. The highest BCUT2D eigenvalue weighted by Crippen LogP contribution is 2.32. The number of likely N-dealkylation sites (tertiary alicyclic amines) is 1. The number of hydrogen-bond donors (Lipinski definition) is 1. The molecule has 1 aromatic rings. The van der Waals surface area contributed by atoms with E-state index in [0.717, 1.165) is 0 Å². The summed E-state index contributed by atoms with van der Waals surface area (Å²) in [6.07, 6.45) is 0.873. The summed E-state index contributed by atoms with van der Waals surface area (Å²) in [6.45, 7) is -1.33. The SMILES string of the molecule is CC1(C(=O)O)CCCN1C(=O)c1ccccc1OC(F)F. The van der Waals surface area contributed by atoms with Gasteiger partial charge in [-0.1, -0.05) is 12.1 Å². The Morgan fingerprint density at radius 1 is 1.38 bits per heavy atom. The predicted molar refractivity (Wildman–Crippen MR) is 69.4 cm³/mol. The number of amides is 1. The number of carboxylic acid groups (broad SMARTS) is 1. The highest BCUT2D eigenvalue weighted by molar-refractivity contribution is 6.00. The fraction of sp³-hybridized carbons (Fsp3) is 0.429. The molecule has 1 fully saturated rings. The highest BCUT2D eigenvalue weighted by Gasteiger charge is 2.46. The molecule has 1 unspecified atom stereocenters. The Morgan fingerprint density at radius 2 is 2.05 bits per heavy atom. The number of para-hydroxylation sites is 1. The minimum atomic E-state index is -3.05. The standard InChI is InChI=1S/C14H15F2NO4/c1-14(12(19)20)7-4-8-17(14)11(18)9-5-2-3-6-10(9)21-13(15)16/h2-3,5-6,13H,4,7-8H2,1H3,(H,19,20). The van der Waals surface area contributed by atoms with Crippen LogP contribution in [-0.4, -0.2) is 40.6 Å². The van der Waals surface area contributed by atoms with Gasteiger partial charge in [-0.15, -0.1) is 0 Å². The Labute approximate surface area is 120 Å². The molecule has 0 saturated carbocycles. The molecule has 1 amide bonds. The van der Waals surface area contributed by atoms with E-state index in [1.807, 2.05) is 0 Å². The van der Waals surface area contributed by atoms with E-state index in [-0.39, 0.29) is 17.9 Å². The monoisotopic (exact) mass is 299 g/mol. The number of halogens is 2. The molecule has 0 aliphatic carbocycles. The smallest absolute Gasteiger partial charge is 0.387 e. The first-order valence-corrected chi connectivity index (χ1v) is 6.45. The number of rotatable bonds is 4. The summed E-state index contributed by atoms with van der Waals surface area (Å²) in [5.74, 6) is -1.98. The third-order valence-electron chi connectivity index (χ3n) is 3.68. The van der Waals surface area contributed by atoms with Crippen LogP contribution in [0.15, 0.2) is 24.3 Å². The van der Waals surface area contributed by atoms with Crippen molar-refractivity contribution in [2.75, 3.05) is 6.54 Å². The normalized spacial score (nSPS) is 21.6. The first-order chi connectivity index (χ1) is 9.86. The molecular weight excluding hydrogens is 284 g/mol. The van der Waals surface area contributed by atoms with Crippen molar-refractivity contribution >= 4 is 11.9 Å². The van der Waals surface area contributed by atoms with Gasteiger partial charge in [0.2, 0.25) is 0 Å². The summed E-state index contributed by atoms with van der Waals surface area (Å²) in [6, 6.07) is 5.59. The summed E-state index contributed by atoms with van der Waals surface area (Å²) >= 11 is 0. The molecule has 1 heterocycles. The second-order valence-corrected chi connectivity index (χ2v) is 5.01. The molecule has 2 rings (SSSR count). The summed E-state index contributed by atoms with van der Waals surface area (Å²) in [7, 11) is 0. The van der Waals surface area contributed by atoms with Crippen molar-refractivity contribution < 1.29 is 28.2 Å². The molecule has 0 radical (unpaired) electrons. The molecule has 5 nitrogen and oxygen atoms in total. The van der Waals surface area contributed by atoms with E-state index < -0.39 is 24.0 Å². The predicted octanol–water partition coefficient (Wildman–Crippen LogP) is 2.37. The number of carbonyl (C=O) groups is 2. The number of benzene rings is 1. The van der Waals surface area contributed by atoms with Crippen LogP contribution < -0.4 is 4.74 Å². The third-order valence-corrected chi connectivity index (χ3v) is 3.68. The quantitative estimate of drug-likeness (QED) is 0.927. The fourth-order valence-corrected chi connectivity index (χ4v) is 2.50. The van der Waals surface area contributed by atoms with Crippen molar-refractivity contribution in [2.45, 2.75) is 31.9 Å². The molecule has 114 valence electrons. The molecule has 0 spiro atoms. The molecule has 1 atom stereocenters. The lowest BCUT2D eigenvalue weighted by atomic mass is 9.98. The van der Waals surface area contributed by atoms with Crippen LogP contribution in [0.5, 0.6) is 5.75 Å². The van der Waals surface area contributed by atoms with Gasteiger partial charge in [-0.05, 0) is 31.9 Å². The van der Waals surface area contributed by atoms with Crippen LogP contribution in [0.1, 0.15) is 30.1 Å². The van der Waals surface area contributed by atoms with E-state index in [9.17, 15) is 23.5 Å². The third kappa shape index (κ3) is 2.81. The van der Waals surface area contributed by atoms with E-state index in [1.165, 1.54) is 36.1 Å². The van der Waals surface area contributed by atoms with E-state index in [1.54, 1.807) is 0 Å². The number of ether oxygens (including phenoxy) is 1. The zero-order chi connectivity index (χ0) is 15.6. The van der Waals surface area contributed by atoms with Gasteiger partial charge >= 0.3 is 12.6 Å². The lowest BCUT2D eigenvalue weighted by Gasteiger charge is -2.31. The van der Waals surface area contributed by atoms with Gasteiger partial charge in [-0.2, -0.15) is 8.78 Å².